The summed E-state index contributed by atoms with van der Waals surface area (Å²) in [6, 6.07) is 5.14. The summed E-state index contributed by atoms with van der Waals surface area (Å²) in [6.07, 6.45) is 3.72. The molecule has 1 saturated carbocycles. The van der Waals surface area contributed by atoms with Crippen molar-refractivity contribution in [1.29, 1.82) is 0 Å². The van der Waals surface area contributed by atoms with Crippen LogP contribution in [0, 0.1) is 24.7 Å². The first-order valence-electron chi connectivity index (χ1n) is 7.23. The molecule has 5 heteroatoms. The van der Waals surface area contributed by atoms with Crippen LogP contribution in [0.3, 0.4) is 0 Å². The second kappa shape index (κ2) is 7.08. The molecular formula is C16H21NO3S. The Balaban J connectivity index is 2.22. The van der Waals surface area contributed by atoms with E-state index >= 15 is 0 Å². The Kier molecular flexibility index (Phi) is 5.40. The Bertz CT molecular complexity index is 652. The van der Waals surface area contributed by atoms with E-state index in [-0.39, 0.29) is 11.5 Å². The molecule has 0 bridgehead atoms. The maximum Gasteiger partial charge on any atom is 0.241 e. The lowest BCUT2D eigenvalue weighted by Crippen LogP contribution is -2.32. The third-order valence-electron chi connectivity index (χ3n) is 3.67. The summed E-state index contributed by atoms with van der Waals surface area (Å²) < 4.78 is 27.5. The van der Waals surface area contributed by atoms with Crippen LogP contribution in [0.4, 0.5) is 0 Å². The molecule has 0 aliphatic heterocycles. The molecule has 1 aromatic carbocycles. The van der Waals surface area contributed by atoms with Crippen molar-refractivity contribution >= 4 is 10.0 Å². The quantitative estimate of drug-likeness (QED) is 0.815. The third-order valence-corrected chi connectivity index (χ3v) is 5.15. The van der Waals surface area contributed by atoms with Crippen molar-refractivity contribution in [3.8, 4) is 11.8 Å². The van der Waals surface area contributed by atoms with Gasteiger partial charge in [0.15, 0.2) is 0 Å². The zero-order chi connectivity index (χ0) is 15.3. The average molecular weight is 307 g/mol. The molecule has 0 aromatic heterocycles. The molecule has 1 fully saturated rings. The van der Waals surface area contributed by atoms with Crippen LogP contribution in [0.5, 0.6) is 0 Å². The van der Waals surface area contributed by atoms with Gasteiger partial charge in [-0.1, -0.05) is 24.3 Å². The summed E-state index contributed by atoms with van der Waals surface area (Å²) in [4.78, 5) is 0.220. The van der Waals surface area contributed by atoms with Crippen molar-refractivity contribution < 1.29 is 13.5 Å². The third kappa shape index (κ3) is 4.31. The summed E-state index contributed by atoms with van der Waals surface area (Å²) in [7, 11) is -3.53. The minimum atomic E-state index is -3.53. The number of aryl methyl sites for hydroxylation is 1. The van der Waals surface area contributed by atoms with E-state index < -0.39 is 10.0 Å². The Labute approximate surface area is 126 Å². The van der Waals surface area contributed by atoms with Crippen molar-refractivity contribution in [2.24, 2.45) is 5.92 Å². The smallest absolute Gasteiger partial charge is 0.241 e. The standard InChI is InChI=1S/C16H21NO3S/c1-13-8-9-16(15(11-13)7-2-3-10-18)21(19,20)17-12-14-5-4-6-14/h8-9,11,14,17-18H,3-6,10,12H2,1H3. The lowest BCUT2D eigenvalue weighted by atomic mass is 9.86. The number of rotatable bonds is 5. The first-order valence-corrected chi connectivity index (χ1v) is 8.71. The number of aliphatic hydroxyl groups is 1. The fourth-order valence-corrected chi connectivity index (χ4v) is 3.45. The molecule has 2 N–H and O–H groups in total. The van der Waals surface area contributed by atoms with Gasteiger partial charge in [0.2, 0.25) is 10.0 Å². The van der Waals surface area contributed by atoms with E-state index in [0.717, 1.165) is 18.4 Å². The van der Waals surface area contributed by atoms with E-state index in [0.29, 0.717) is 24.4 Å². The average Bonchev–Trinajstić information content (AvgIpc) is 2.37. The first-order chi connectivity index (χ1) is 10.0. The Hall–Kier alpha value is -1.35. The second-order valence-corrected chi connectivity index (χ2v) is 7.16. The van der Waals surface area contributed by atoms with Crippen LogP contribution in [0.1, 0.15) is 36.8 Å². The molecular weight excluding hydrogens is 286 g/mol. The van der Waals surface area contributed by atoms with Crippen LogP contribution in [0.2, 0.25) is 0 Å². The normalized spacial score (nSPS) is 15.1. The number of nitrogens with one attached hydrogen (secondary N) is 1. The molecule has 0 amide bonds. The molecule has 0 radical (unpaired) electrons. The van der Waals surface area contributed by atoms with Gasteiger partial charge in [-0.15, -0.1) is 0 Å². The fourth-order valence-electron chi connectivity index (χ4n) is 2.19. The SMILES string of the molecule is Cc1ccc(S(=O)(=O)NCC2CCC2)c(C#CCCO)c1. The largest absolute Gasteiger partial charge is 0.395 e. The lowest BCUT2D eigenvalue weighted by Gasteiger charge is -2.25. The van der Waals surface area contributed by atoms with Crippen molar-refractivity contribution in [3.05, 3.63) is 29.3 Å². The summed E-state index contributed by atoms with van der Waals surface area (Å²) in [5.41, 5.74) is 1.45. The molecule has 0 spiro atoms. The highest BCUT2D eigenvalue weighted by atomic mass is 32.2. The minimum absolute atomic E-state index is 0.0270. The van der Waals surface area contributed by atoms with Crippen LogP contribution in [-0.2, 0) is 10.0 Å². The molecule has 21 heavy (non-hydrogen) atoms. The van der Waals surface area contributed by atoms with Gasteiger partial charge >= 0.3 is 0 Å². The topological polar surface area (TPSA) is 66.4 Å². The Morgan fingerprint density at radius 1 is 1.38 bits per heavy atom. The predicted octanol–water partition coefficient (Wildman–Crippen LogP) is 1.81. The van der Waals surface area contributed by atoms with Crippen LogP contribution < -0.4 is 4.72 Å². The molecule has 1 aromatic rings. The van der Waals surface area contributed by atoms with Crippen LogP contribution >= 0.6 is 0 Å². The van der Waals surface area contributed by atoms with E-state index in [1.165, 1.54) is 6.42 Å². The second-order valence-electron chi connectivity index (χ2n) is 5.42. The van der Waals surface area contributed by atoms with Crippen LogP contribution in [0.25, 0.3) is 0 Å². The maximum atomic E-state index is 12.4. The predicted molar refractivity (Wildman–Crippen MR) is 82.3 cm³/mol. The molecule has 0 atom stereocenters. The molecule has 1 aliphatic carbocycles. The van der Waals surface area contributed by atoms with Gasteiger partial charge in [0, 0.05) is 18.5 Å². The monoisotopic (exact) mass is 307 g/mol. The maximum absolute atomic E-state index is 12.4. The van der Waals surface area contributed by atoms with Crippen molar-refractivity contribution in [1.82, 2.24) is 4.72 Å². The summed E-state index contributed by atoms with van der Waals surface area (Å²) in [6.45, 7) is 2.37. The van der Waals surface area contributed by atoms with Crippen LogP contribution in [-0.4, -0.2) is 26.7 Å². The molecule has 1 aliphatic rings. The summed E-state index contributed by atoms with van der Waals surface area (Å²) >= 11 is 0. The zero-order valence-electron chi connectivity index (χ0n) is 12.2. The minimum Gasteiger partial charge on any atom is -0.395 e. The van der Waals surface area contributed by atoms with Gasteiger partial charge in [-0.3, -0.25) is 0 Å². The highest BCUT2D eigenvalue weighted by Gasteiger charge is 2.22. The van der Waals surface area contributed by atoms with E-state index in [2.05, 4.69) is 16.6 Å². The highest BCUT2D eigenvalue weighted by molar-refractivity contribution is 7.89. The van der Waals surface area contributed by atoms with Gasteiger partial charge in [-0.05, 0) is 43.4 Å². The lowest BCUT2D eigenvalue weighted by molar-refractivity contribution is 0.305. The van der Waals surface area contributed by atoms with Gasteiger partial charge in [-0.25, -0.2) is 13.1 Å². The van der Waals surface area contributed by atoms with E-state index in [4.69, 9.17) is 5.11 Å². The Morgan fingerprint density at radius 3 is 2.76 bits per heavy atom. The number of sulfonamides is 1. The fraction of sp³-hybridized carbons (Fsp3) is 0.500. The van der Waals surface area contributed by atoms with Crippen molar-refractivity contribution in [2.75, 3.05) is 13.2 Å². The van der Waals surface area contributed by atoms with Gasteiger partial charge < -0.3 is 5.11 Å². The molecule has 114 valence electrons. The van der Waals surface area contributed by atoms with Gasteiger partial charge in [0.25, 0.3) is 0 Å². The summed E-state index contributed by atoms with van der Waals surface area (Å²) in [5, 5.41) is 8.77. The van der Waals surface area contributed by atoms with E-state index in [1.54, 1.807) is 18.2 Å². The summed E-state index contributed by atoms with van der Waals surface area (Å²) in [5.74, 6) is 6.10. The molecule has 0 unspecified atom stereocenters. The first kappa shape index (κ1) is 16.0. The van der Waals surface area contributed by atoms with E-state index in [1.807, 2.05) is 6.92 Å². The van der Waals surface area contributed by atoms with Crippen LogP contribution in [0.15, 0.2) is 23.1 Å². The molecule has 0 saturated heterocycles. The van der Waals surface area contributed by atoms with Crippen molar-refractivity contribution in [3.63, 3.8) is 0 Å². The molecule has 2 rings (SSSR count). The Morgan fingerprint density at radius 2 is 2.14 bits per heavy atom. The van der Waals surface area contributed by atoms with Gasteiger partial charge in [-0.2, -0.15) is 0 Å². The number of aliphatic hydroxyl groups excluding tert-OH is 1. The number of hydrogen-bond donors (Lipinski definition) is 2. The highest BCUT2D eigenvalue weighted by Crippen LogP contribution is 2.26. The van der Waals surface area contributed by atoms with Crippen molar-refractivity contribution in [2.45, 2.75) is 37.5 Å². The molecule has 0 heterocycles. The van der Waals surface area contributed by atoms with Gasteiger partial charge in [0.1, 0.15) is 0 Å². The molecule has 4 nitrogen and oxygen atoms in total. The number of hydrogen-bond acceptors (Lipinski definition) is 3. The number of benzene rings is 1. The van der Waals surface area contributed by atoms with Gasteiger partial charge in [0.05, 0.1) is 11.5 Å². The van der Waals surface area contributed by atoms with E-state index in [9.17, 15) is 8.42 Å². The zero-order valence-corrected chi connectivity index (χ0v) is 13.0.